The second kappa shape index (κ2) is 13.2. The van der Waals surface area contributed by atoms with Gasteiger partial charge < -0.3 is 14.8 Å². The van der Waals surface area contributed by atoms with Gasteiger partial charge in [0.2, 0.25) is 0 Å². The van der Waals surface area contributed by atoms with Gasteiger partial charge in [-0.2, -0.15) is 4.98 Å². The van der Waals surface area contributed by atoms with E-state index < -0.39 is 36.0 Å². The number of aryl methyl sites for hydroxylation is 1. The summed E-state index contributed by atoms with van der Waals surface area (Å²) < 4.78 is 62.9. The zero-order valence-corrected chi connectivity index (χ0v) is 22.4. The quantitative estimate of drug-likeness (QED) is 0.326. The second-order valence-corrected chi connectivity index (χ2v) is 10.1. The number of rotatable bonds is 11. The third-order valence-electron chi connectivity index (χ3n) is 5.17. The number of anilines is 1. The van der Waals surface area contributed by atoms with Crippen LogP contribution in [-0.4, -0.2) is 55.7 Å². The maximum atomic E-state index is 14.6. The Hall–Kier alpha value is -4.50. The van der Waals surface area contributed by atoms with Crippen molar-refractivity contribution >= 4 is 17.8 Å². The highest BCUT2D eigenvalue weighted by atomic mass is 19.4. The van der Waals surface area contributed by atoms with E-state index in [4.69, 9.17) is 4.74 Å². The molecule has 0 radical (unpaired) electrons. The molecule has 2 N–H and O–H groups in total. The minimum Gasteiger partial charge on any atom is -0.449 e. The molecule has 1 atom stereocenters. The van der Waals surface area contributed by atoms with Gasteiger partial charge in [0.1, 0.15) is 17.7 Å². The number of carbonyl (C=O) groups is 2. The first-order valence-corrected chi connectivity index (χ1v) is 12.4. The summed E-state index contributed by atoms with van der Waals surface area (Å²) in [6.07, 6.45) is -4.55. The molecule has 1 unspecified atom stereocenters. The lowest BCUT2D eigenvalue weighted by Gasteiger charge is -2.17. The highest BCUT2D eigenvalue weighted by Crippen LogP contribution is 2.23. The lowest BCUT2D eigenvalue weighted by atomic mass is 9.99. The third-order valence-corrected chi connectivity index (χ3v) is 5.17. The van der Waals surface area contributed by atoms with Gasteiger partial charge in [-0.05, 0) is 35.6 Å². The number of alkyl halides is 4. The Morgan fingerprint density at radius 2 is 1.90 bits per heavy atom. The monoisotopic (exact) mass is 583 g/mol. The predicted molar refractivity (Wildman–Crippen MR) is 137 cm³/mol. The summed E-state index contributed by atoms with van der Waals surface area (Å²) >= 11 is 0. The lowest BCUT2D eigenvalue weighted by molar-refractivity contribution is -0.274. The van der Waals surface area contributed by atoms with Gasteiger partial charge in [0.25, 0.3) is 5.91 Å². The molecular weight excluding hydrogens is 554 g/mol. The number of hydrogen-bond donors (Lipinski definition) is 2. The smallest absolute Gasteiger partial charge is 0.449 e. The Morgan fingerprint density at radius 3 is 2.59 bits per heavy atom. The minimum atomic E-state index is -4.84. The Bertz CT molecular complexity index is 1400. The maximum Gasteiger partial charge on any atom is 0.573 e. The summed E-state index contributed by atoms with van der Waals surface area (Å²) in [5, 5.41) is 12.3. The van der Waals surface area contributed by atoms with E-state index in [2.05, 4.69) is 30.7 Å². The van der Waals surface area contributed by atoms with E-state index in [9.17, 15) is 31.9 Å². The molecule has 0 aliphatic heterocycles. The zero-order chi connectivity index (χ0) is 30.2. The van der Waals surface area contributed by atoms with Crippen LogP contribution in [0.2, 0.25) is 0 Å². The van der Waals surface area contributed by atoms with Crippen molar-refractivity contribution in [3.8, 4) is 5.75 Å². The molecule has 222 valence electrons. The molecule has 0 bridgehead atoms. The number of nitrogens with one attached hydrogen (secondary N) is 2. The molecule has 2 amide bonds. The van der Waals surface area contributed by atoms with Crippen LogP contribution in [0.3, 0.4) is 0 Å². The number of carbonyl (C=O) groups excluding carboxylic acids is 2. The molecule has 0 aliphatic rings. The van der Waals surface area contributed by atoms with Gasteiger partial charge in [-0.3, -0.25) is 14.7 Å². The van der Waals surface area contributed by atoms with Crippen molar-refractivity contribution in [2.24, 2.45) is 5.41 Å². The van der Waals surface area contributed by atoms with Crippen molar-refractivity contribution < 1.29 is 36.6 Å². The van der Waals surface area contributed by atoms with Gasteiger partial charge in [-0.1, -0.05) is 38.1 Å². The number of ether oxygens (including phenoxy) is 2. The summed E-state index contributed by atoms with van der Waals surface area (Å²) in [5.74, 6) is -1.09. The van der Waals surface area contributed by atoms with Gasteiger partial charge >= 0.3 is 18.1 Å². The first-order valence-electron chi connectivity index (χ1n) is 12.4. The molecule has 0 saturated carbocycles. The van der Waals surface area contributed by atoms with Crippen LogP contribution in [0.1, 0.15) is 43.2 Å². The van der Waals surface area contributed by atoms with Crippen LogP contribution >= 0.6 is 0 Å². The highest BCUT2D eigenvalue weighted by molar-refractivity contribution is 5.91. The molecule has 3 aromatic rings. The number of halogens is 4. The number of benzene rings is 1. The van der Waals surface area contributed by atoms with Crippen LogP contribution in [0.25, 0.3) is 0 Å². The Morgan fingerprint density at radius 1 is 1.15 bits per heavy atom. The lowest BCUT2D eigenvalue weighted by Crippen LogP contribution is -2.27. The van der Waals surface area contributed by atoms with E-state index in [-0.39, 0.29) is 49.6 Å². The maximum absolute atomic E-state index is 14.6. The summed E-state index contributed by atoms with van der Waals surface area (Å²) in [5.41, 5.74) is -0.693. The molecule has 16 heteroatoms. The van der Waals surface area contributed by atoms with Crippen molar-refractivity contribution in [3.63, 3.8) is 0 Å². The normalized spacial score (nSPS) is 12.5. The van der Waals surface area contributed by atoms with Crippen LogP contribution in [-0.2, 0) is 24.4 Å². The number of aromatic nitrogens is 5. The largest absolute Gasteiger partial charge is 0.573 e. The van der Waals surface area contributed by atoms with E-state index in [1.807, 2.05) is 20.8 Å². The average molecular weight is 584 g/mol. The van der Waals surface area contributed by atoms with Crippen LogP contribution in [0.4, 0.5) is 28.2 Å². The number of hydrogen-bond acceptors (Lipinski definition) is 8. The molecule has 2 aromatic heterocycles. The van der Waals surface area contributed by atoms with E-state index in [1.165, 1.54) is 35.2 Å². The summed E-state index contributed by atoms with van der Waals surface area (Å²) in [7, 11) is 0. The Labute approximate surface area is 231 Å². The van der Waals surface area contributed by atoms with Crippen LogP contribution < -0.4 is 21.1 Å². The standard InChI is InChI=1S/C25H29F4N7O5/c1-24(2,3)15-40-23(39)32-20-8-10-35(22(38)31-20)9-7-17(26)13-36-14-19(33-34-36)21(37)30-12-16-5-4-6-18(11-16)41-25(27,28)29/h4-6,8,10-11,14,17H,7,9,12-13,15H2,1-3H3,(H,30,37)(H,31,32,38,39). The third kappa shape index (κ3) is 10.9. The molecule has 0 spiro atoms. The Balaban J connectivity index is 1.45. The highest BCUT2D eigenvalue weighted by Gasteiger charge is 2.31. The fourth-order valence-electron chi connectivity index (χ4n) is 3.28. The zero-order valence-electron chi connectivity index (χ0n) is 22.4. The Kier molecular flexibility index (Phi) is 10.0. The molecule has 0 fully saturated rings. The number of nitrogens with zero attached hydrogens (tertiary/aromatic N) is 5. The van der Waals surface area contributed by atoms with E-state index in [1.54, 1.807) is 0 Å². The average Bonchev–Trinajstić information content (AvgIpc) is 3.33. The van der Waals surface area contributed by atoms with Crippen molar-refractivity contribution in [2.45, 2.75) is 59.4 Å². The van der Waals surface area contributed by atoms with Gasteiger partial charge in [-0.15, -0.1) is 18.3 Å². The van der Waals surface area contributed by atoms with Crippen molar-refractivity contribution in [1.82, 2.24) is 29.9 Å². The van der Waals surface area contributed by atoms with Crippen LogP contribution in [0, 0.1) is 5.41 Å². The summed E-state index contributed by atoms with van der Waals surface area (Å²) in [6, 6.07) is 6.49. The minimum absolute atomic E-state index is 0.00211. The van der Waals surface area contributed by atoms with Crippen LogP contribution in [0.5, 0.6) is 5.75 Å². The van der Waals surface area contributed by atoms with Crippen molar-refractivity contribution in [3.05, 3.63) is 64.5 Å². The molecule has 41 heavy (non-hydrogen) atoms. The molecule has 0 aliphatic carbocycles. The van der Waals surface area contributed by atoms with Crippen molar-refractivity contribution in [2.75, 3.05) is 11.9 Å². The molecule has 1 aromatic carbocycles. The first kappa shape index (κ1) is 31.0. The fourth-order valence-corrected chi connectivity index (χ4v) is 3.28. The van der Waals surface area contributed by atoms with Gasteiger partial charge in [0, 0.05) is 19.3 Å². The number of amides is 2. The fraction of sp³-hybridized carbons (Fsp3) is 0.440. The topological polar surface area (TPSA) is 142 Å². The predicted octanol–water partition coefficient (Wildman–Crippen LogP) is 3.69. The van der Waals surface area contributed by atoms with E-state index in [0.29, 0.717) is 5.56 Å². The molecule has 12 nitrogen and oxygen atoms in total. The van der Waals surface area contributed by atoms with Gasteiger partial charge in [0.05, 0.1) is 19.3 Å². The van der Waals surface area contributed by atoms with E-state index in [0.717, 1.165) is 16.8 Å². The molecule has 3 rings (SSSR count). The van der Waals surface area contributed by atoms with Crippen molar-refractivity contribution in [1.29, 1.82) is 0 Å². The SMILES string of the molecule is CC(C)(C)COC(=O)Nc1ccn(CCC(F)Cn2cc(C(=O)NCc3cccc(OC(F)(F)F)c3)nn2)c(=O)n1. The molecule has 2 heterocycles. The van der Waals surface area contributed by atoms with E-state index >= 15 is 0 Å². The first-order chi connectivity index (χ1) is 19.2. The summed E-state index contributed by atoms with van der Waals surface area (Å²) in [6.45, 7) is 5.48. The molecule has 0 saturated heterocycles. The summed E-state index contributed by atoms with van der Waals surface area (Å²) in [4.78, 5) is 40.2. The van der Waals surface area contributed by atoms with Gasteiger partial charge in [0.15, 0.2) is 5.69 Å². The van der Waals surface area contributed by atoms with Crippen LogP contribution in [0.15, 0.2) is 47.5 Å². The van der Waals surface area contributed by atoms with Gasteiger partial charge in [-0.25, -0.2) is 18.7 Å². The molecular formula is C25H29F4N7O5. The second-order valence-electron chi connectivity index (χ2n) is 10.1.